The summed E-state index contributed by atoms with van der Waals surface area (Å²) in [6.45, 7) is 4.36. The van der Waals surface area contributed by atoms with Crippen molar-refractivity contribution < 1.29 is 13.9 Å². The van der Waals surface area contributed by atoms with Crippen molar-refractivity contribution in [1.29, 1.82) is 0 Å². The highest BCUT2D eigenvalue weighted by Crippen LogP contribution is 2.38. The maximum atomic E-state index is 12.6. The molecule has 1 aromatic heterocycles. The van der Waals surface area contributed by atoms with E-state index in [1.165, 1.54) is 12.0 Å². The first-order valence-electron chi connectivity index (χ1n) is 10.1. The first-order chi connectivity index (χ1) is 14.5. The number of halogens is 2. The van der Waals surface area contributed by atoms with Crippen molar-refractivity contribution in [3.63, 3.8) is 0 Å². The molecule has 6 heteroatoms. The van der Waals surface area contributed by atoms with Gasteiger partial charge in [0, 0.05) is 35.1 Å². The lowest BCUT2D eigenvalue weighted by atomic mass is 9.94. The fourth-order valence-electron chi connectivity index (χ4n) is 3.92. The van der Waals surface area contributed by atoms with E-state index in [1.54, 1.807) is 24.3 Å². The van der Waals surface area contributed by atoms with Crippen molar-refractivity contribution in [2.24, 2.45) is 0 Å². The normalized spacial score (nSPS) is 13.9. The highest BCUT2D eigenvalue weighted by molar-refractivity contribution is 6.44. The van der Waals surface area contributed by atoms with Gasteiger partial charge in [0.05, 0.1) is 22.3 Å². The molecule has 1 aliphatic carbocycles. The second-order valence-electron chi connectivity index (χ2n) is 7.41. The molecule has 0 unspecified atom stereocenters. The lowest BCUT2D eigenvalue weighted by Crippen LogP contribution is -2.09. The zero-order valence-electron chi connectivity index (χ0n) is 17.0. The zero-order valence-corrected chi connectivity index (χ0v) is 18.5. The minimum absolute atomic E-state index is 0.284. The van der Waals surface area contributed by atoms with Crippen LogP contribution in [0.5, 0.6) is 5.75 Å². The van der Waals surface area contributed by atoms with E-state index < -0.39 is 0 Å². The number of carbonyl (C=O) groups excluding carboxylic acids is 1. The molecule has 156 valence electrons. The lowest BCUT2D eigenvalue weighted by molar-refractivity contribution is -0.111. The molecule has 0 fully saturated rings. The Labute approximate surface area is 185 Å². The average molecular weight is 444 g/mol. The van der Waals surface area contributed by atoms with E-state index in [0.29, 0.717) is 28.1 Å². The summed E-state index contributed by atoms with van der Waals surface area (Å²) in [6, 6.07) is 9.15. The van der Waals surface area contributed by atoms with Crippen molar-refractivity contribution in [2.45, 2.75) is 39.5 Å². The predicted octanol–water partition coefficient (Wildman–Crippen LogP) is 7.06. The maximum Gasteiger partial charge on any atom is 0.248 e. The predicted molar refractivity (Wildman–Crippen MR) is 123 cm³/mol. The average Bonchev–Trinajstić information content (AvgIpc) is 3.08. The summed E-state index contributed by atoms with van der Waals surface area (Å²) in [5.41, 5.74) is 4.27. The summed E-state index contributed by atoms with van der Waals surface area (Å²) in [6.07, 6.45) is 5.87. The van der Waals surface area contributed by atoms with Crippen molar-refractivity contribution >= 4 is 51.3 Å². The third-order valence-corrected chi connectivity index (χ3v) is 6.16. The Balaban J connectivity index is 1.70. The minimum Gasteiger partial charge on any atom is -0.493 e. The van der Waals surface area contributed by atoms with Crippen LogP contribution < -0.4 is 10.1 Å². The number of fused-ring (bicyclic) bond motifs is 3. The van der Waals surface area contributed by atoms with Crippen LogP contribution in [0, 0.1) is 0 Å². The number of allylic oxidation sites excluding steroid dienone is 1. The number of rotatable bonds is 5. The van der Waals surface area contributed by atoms with E-state index in [1.807, 2.05) is 19.9 Å². The first kappa shape index (κ1) is 20.8. The van der Waals surface area contributed by atoms with Gasteiger partial charge in [0.15, 0.2) is 0 Å². The summed E-state index contributed by atoms with van der Waals surface area (Å²) in [4.78, 5) is 12.6. The Bertz CT molecular complexity index is 1150. The van der Waals surface area contributed by atoms with Crippen molar-refractivity contribution in [3.8, 4) is 5.75 Å². The molecule has 0 saturated heterocycles. The molecule has 30 heavy (non-hydrogen) atoms. The van der Waals surface area contributed by atoms with Crippen LogP contribution in [0.3, 0.4) is 0 Å². The molecule has 0 aliphatic heterocycles. The van der Waals surface area contributed by atoms with Gasteiger partial charge in [-0.2, -0.15) is 0 Å². The maximum absolute atomic E-state index is 12.6. The van der Waals surface area contributed by atoms with Crippen LogP contribution in [-0.2, 0) is 17.6 Å². The molecular weight excluding hydrogens is 421 g/mol. The molecular formula is C24H23Cl2NO3. The molecule has 2 aromatic carbocycles. The number of benzene rings is 2. The molecule has 0 radical (unpaired) electrons. The molecule has 0 atom stereocenters. The van der Waals surface area contributed by atoms with Crippen LogP contribution in [-0.4, -0.2) is 12.5 Å². The van der Waals surface area contributed by atoms with Gasteiger partial charge >= 0.3 is 0 Å². The van der Waals surface area contributed by atoms with E-state index in [2.05, 4.69) is 11.4 Å². The lowest BCUT2D eigenvalue weighted by Gasteiger charge is -2.12. The molecule has 3 aromatic rings. The molecule has 1 amide bonds. The Kier molecular flexibility index (Phi) is 6.07. The monoisotopic (exact) mass is 443 g/mol. The quantitative estimate of drug-likeness (QED) is 0.429. The molecule has 0 bridgehead atoms. The van der Waals surface area contributed by atoms with Gasteiger partial charge < -0.3 is 14.5 Å². The van der Waals surface area contributed by atoms with Crippen LogP contribution in [0.15, 0.2) is 40.8 Å². The molecule has 0 saturated carbocycles. The fraction of sp³-hybridized carbons (Fsp3) is 0.292. The van der Waals surface area contributed by atoms with Crippen molar-refractivity contribution in [1.82, 2.24) is 0 Å². The number of anilines is 1. The second kappa shape index (κ2) is 8.75. The Morgan fingerprint density at radius 2 is 2.03 bits per heavy atom. The largest absolute Gasteiger partial charge is 0.493 e. The number of amides is 1. The van der Waals surface area contributed by atoms with Crippen LogP contribution in [0.1, 0.15) is 43.6 Å². The van der Waals surface area contributed by atoms with Gasteiger partial charge in [-0.05, 0) is 56.9 Å². The van der Waals surface area contributed by atoms with Gasteiger partial charge in [0.2, 0.25) is 5.91 Å². The standard InChI is InChI=1S/C24H23Cl2NO3/c1-3-29-21-13-22-17(15-7-4-5-10-20(15)30-22)12-16(21)14(2)11-23(28)27-19-9-6-8-18(25)24(19)26/h6,8-9,11-13H,3-5,7,10H2,1-2H3,(H,27,28)/b14-11+. The smallest absolute Gasteiger partial charge is 0.248 e. The van der Waals surface area contributed by atoms with Crippen LogP contribution in [0.25, 0.3) is 16.5 Å². The number of carbonyl (C=O) groups is 1. The first-order valence-corrected chi connectivity index (χ1v) is 10.9. The number of hydrogen-bond donors (Lipinski definition) is 1. The number of aryl methyl sites for hydroxylation is 2. The van der Waals surface area contributed by atoms with Crippen LogP contribution >= 0.6 is 23.2 Å². The molecule has 1 aliphatic rings. The summed E-state index contributed by atoms with van der Waals surface area (Å²) in [5, 5.41) is 4.61. The summed E-state index contributed by atoms with van der Waals surface area (Å²) < 4.78 is 12.0. The van der Waals surface area contributed by atoms with E-state index in [0.717, 1.165) is 47.1 Å². The summed E-state index contributed by atoms with van der Waals surface area (Å²) >= 11 is 12.2. The number of hydrogen-bond acceptors (Lipinski definition) is 3. The van der Waals surface area contributed by atoms with Crippen molar-refractivity contribution in [3.05, 3.63) is 63.3 Å². The van der Waals surface area contributed by atoms with Gasteiger partial charge in [0.25, 0.3) is 0 Å². The van der Waals surface area contributed by atoms with Gasteiger partial charge in [-0.15, -0.1) is 0 Å². The summed E-state index contributed by atoms with van der Waals surface area (Å²) in [7, 11) is 0. The Morgan fingerprint density at radius 3 is 2.83 bits per heavy atom. The molecule has 4 nitrogen and oxygen atoms in total. The van der Waals surface area contributed by atoms with Crippen LogP contribution in [0.2, 0.25) is 10.0 Å². The molecule has 4 rings (SSSR count). The fourth-order valence-corrected chi connectivity index (χ4v) is 4.26. The second-order valence-corrected chi connectivity index (χ2v) is 8.19. The minimum atomic E-state index is -0.284. The van der Waals surface area contributed by atoms with Gasteiger partial charge in [-0.25, -0.2) is 0 Å². The van der Waals surface area contributed by atoms with Gasteiger partial charge in [-0.1, -0.05) is 29.3 Å². The topological polar surface area (TPSA) is 51.5 Å². The number of nitrogens with one attached hydrogen (secondary N) is 1. The third kappa shape index (κ3) is 4.07. The number of furan rings is 1. The highest BCUT2D eigenvalue weighted by Gasteiger charge is 2.20. The van der Waals surface area contributed by atoms with E-state index >= 15 is 0 Å². The van der Waals surface area contributed by atoms with E-state index in [4.69, 9.17) is 32.4 Å². The Hall–Kier alpha value is -2.43. The van der Waals surface area contributed by atoms with E-state index in [9.17, 15) is 4.79 Å². The highest BCUT2D eigenvalue weighted by atomic mass is 35.5. The van der Waals surface area contributed by atoms with Gasteiger partial charge in [0.1, 0.15) is 17.1 Å². The molecule has 1 heterocycles. The van der Waals surface area contributed by atoms with Crippen LogP contribution in [0.4, 0.5) is 5.69 Å². The third-order valence-electron chi connectivity index (χ3n) is 5.34. The summed E-state index contributed by atoms with van der Waals surface area (Å²) in [5.74, 6) is 1.50. The molecule has 1 N–H and O–H groups in total. The zero-order chi connectivity index (χ0) is 21.3. The SMILES string of the molecule is CCOc1cc2oc3c(c2cc1/C(C)=C/C(=O)Nc1cccc(Cl)c1Cl)CCCC3. The van der Waals surface area contributed by atoms with Crippen molar-refractivity contribution in [2.75, 3.05) is 11.9 Å². The molecule has 0 spiro atoms. The van der Waals surface area contributed by atoms with E-state index in [-0.39, 0.29) is 5.91 Å². The van der Waals surface area contributed by atoms with Gasteiger partial charge in [-0.3, -0.25) is 4.79 Å². The number of ether oxygens (including phenoxy) is 1. The Morgan fingerprint density at radius 1 is 1.23 bits per heavy atom.